The Morgan fingerprint density at radius 3 is 2.64 bits per heavy atom. The van der Waals surface area contributed by atoms with Gasteiger partial charge in [0.1, 0.15) is 11.6 Å². The van der Waals surface area contributed by atoms with Gasteiger partial charge in [-0.25, -0.2) is 4.98 Å². The summed E-state index contributed by atoms with van der Waals surface area (Å²) in [6, 6.07) is 15.8. The lowest BCUT2D eigenvalue weighted by Gasteiger charge is -2.28. The van der Waals surface area contributed by atoms with Gasteiger partial charge in [-0.2, -0.15) is 0 Å². The van der Waals surface area contributed by atoms with Crippen LogP contribution in [0.4, 0.5) is 5.69 Å². The smallest absolute Gasteiger partial charge is 0.235 e. The SMILES string of the molecule is COc1cccc(C2(C(=O)Nc3cccc(-c4nccn4C)c3)CCCC2)c1. The van der Waals surface area contributed by atoms with Crippen molar-refractivity contribution in [2.75, 3.05) is 12.4 Å². The van der Waals surface area contributed by atoms with Crippen LogP contribution in [0.25, 0.3) is 11.4 Å². The minimum absolute atomic E-state index is 0.0512. The van der Waals surface area contributed by atoms with E-state index >= 15 is 0 Å². The molecule has 3 aromatic rings. The number of amides is 1. The Balaban J connectivity index is 1.63. The molecule has 0 atom stereocenters. The molecule has 0 radical (unpaired) electrons. The summed E-state index contributed by atoms with van der Waals surface area (Å²) in [4.78, 5) is 17.8. The monoisotopic (exact) mass is 375 g/mol. The Morgan fingerprint density at radius 1 is 1.14 bits per heavy atom. The summed E-state index contributed by atoms with van der Waals surface area (Å²) >= 11 is 0. The first-order chi connectivity index (χ1) is 13.6. The van der Waals surface area contributed by atoms with Crippen LogP contribution in [0.2, 0.25) is 0 Å². The maximum Gasteiger partial charge on any atom is 0.235 e. The zero-order valence-corrected chi connectivity index (χ0v) is 16.3. The Kier molecular flexibility index (Phi) is 4.90. The van der Waals surface area contributed by atoms with Crippen LogP contribution in [-0.2, 0) is 17.3 Å². The van der Waals surface area contributed by atoms with Crippen LogP contribution in [0.1, 0.15) is 31.2 Å². The van der Waals surface area contributed by atoms with E-state index in [1.165, 1.54) is 0 Å². The molecule has 0 saturated heterocycles. The number of imidazole rings is 1. The van der Waals surface area contributed by atoms with E-state index in [9.17, 15) is 4.79 Å². The Hall–Kier alpha value is -3.08. The molecule has 1 fully saturated rings. The molecule has 1 aromatic heterocycles. The van der Waals surface area contributed by atoms with Gasteiger partial charge in [-0.1, -0.05) is 37.1 Å². The lowest BCUT2D eigenvalue weighted by Crippen LogP contribution is -2.38. The van der Waals surface area contributed by atoms with Crippen molar-refractivity contribution in [1.82, 2.24) is 9.55 Å². The number of anilines is 1. The molecule has 5 heteroatoms. The molecule has 5 nitrogen and oxygen atoms in total. The molecule has 0 spiro atoms. The number of rotatable bonds is 5. The first-order valence-corrected chi connectivity index (χ1v) is 9.66. The topological polar surface area (TPSA) is 56.1 Å². The molecular weight excluding hydrogens is 350 g/mol. The van der Waals surface area contributed by atoms with E-state index in [2.05, 4.69) is 10.3 Å². The Labute approximate surface area is 165 Å². The third-order valence-corrected chi connectivity index (χ3v) is 5.71. The predicted octanol–water partition coefficient (Wildman–Crippen LogP) is 4.55. The lowest BCUT2D eigenvalue weighted by molar-refractivity contribution is -0.121. The number of aryl methyl sites for hydroxylation is 1. The number of methoxy groups -OCH3 is 1. The summed E-state index contributed by atoms with van der Waals surface area (Å²) in [5.41, 5.74) is 2.29. The molecule has 1 heterocycles. The average Bonchev–Trinajstić information content (AvgIpc) is 3.38. The zero-order valence-electron chi connectivity index (χ0n) is 16.3. The summed E-state index contributed by atoms with van der Waals surface area (Å²) in [5.74, 6) is 1.71. The van der Waals surface area contributed by atoms with Crippen molar-refractivity contribution < 1.29 is 9.53 Å². The fourth-order valence-corrected chi connectivity index (χ4v) is 4.18. The molecule has 144 valence electrons. The zero-order chi connectivity index (χ0) is 19.6. The highest BCUT2D eigenvalue weighted by atomic mass is 16.5. The number of hydrogen-bond donors (Lipinski definition) is 1. The van der Waals surface area contributed by atoms with Crippen molar-refractivity contribution in [1.29, 1.82) is 0 Å². The van der Waals surface area contributed by atoms with Crippen LogP contribution in [0.5, 0.6) is 5.75 Å². The van der Waals surface area contributed by atoms with Crippen LogP contribution in [0.3, 0.4) is 0 Å². The fraction of sp³-hybridized carbons (Fsp3) is 0.304. The quantitative estimate of drug-likeness (QED) is 0.712. The fourth-order valence-electron chi connectivity index (χ4n) is 4.18. The van der Waals surface area contributed by atoms with Crippen LogP contribution in [-0.4, -0.2) is 22.6 Å². The van der Waals surface area contributed by atoms with E-state index in [0.29, 0.717) is 0 Å². The molecule has 4 rings (SSSR count). The van der Waals surface area contributed by atoms with Crippen LogP contribution in [0, 0.1) is 0 Å². The highest BCUT2D eigenvalue weighted by molar-refractivity contribution is 5.99. The second-order valence-electron chi connectivity index (χ2n) is 7.42. The van der Waals surface area contributed by atoms with Crippen LogP contribution in [0.15, 0.2) is 60.9 Å². The van der Waals surface area contributed by atoms with E-state index in [4.69, 9.17) is 4.74 Å². The van der Waals surface area contributed by atoms with Crippen LogP contribution >= 0.6 is 0 Å². The van der Waals surface area contributed by atoms with E-state index in [1.807, 2.05) is 66.3 Å². The van der Waals surface area contributed by atoms with E-state index in [0.717, 1.165) is 54.1 Å². The second kappa shape index (κ2) is 7.50. The van der Waals surface area contributed by atoms with Crippen LogP contribution < -0.4 is 10.1 Å². The van der Waals surface area contributed by atoms with Crippen molar-refractivity contribution in [3.63, 3.8) is 0 Å². The minimum atomic E-state index is -0.506. The van der Waals surface area contributed by atoms with Gasteiger partial charge >= 0.3 is 0 Å². The van der Waals surface area contributed by atoms with E-state index in [-0.39, 0.29) is 5.91 Å². The third-order valence-electron chi connectivity index (χ3n) is 5.71. The molecule has 0 unspecified atom stereocenters. The summed E-state index contributed by atoms with van der Waals surface area (Å²) in [6.07, 6.45) is 7.50. The standard InChI is InChI=1S/C23H25N3O2/c1-26-14-13-24-21(26)17-7-5-9-19(15-17)25-22(27)23(11-3-4-12-23)18-8-6-10-20(16-18)28-2/h5-10,13-16H,3-4,11-12H2,1-2H3,(H,25,27). The lowest BCUT2D eigenvalue weighted by atomic mass is 9.78. The number of ether oxygens (including phenoxy) is 1. The number of hydrogen-bond acceptors (Lipinski definition) is 3. The molecule has 0 aliphatic heterocycles. The summed E-state index contributed by atoms with van der Waals surface area (Å²) in [5, 5.41) is 3.17. The third kappa shape index (κ3) is 3.28. The number of nitrogens with one attached hydrogen (secondary N) is 1. The van der Waals surface area contributed by atoms with Gasteiger partial charge in [-0.3, -0.25) is 4.79 Å². The molecular formula is C23H25N3O2. The van der Waals surface area contributed by atoms with Gasteiger partial charge in [-0.05, 0) is 42.7 Å². The predicted molar refractivity (Wildman–Crippen MR) is 110 cm³/mol. The molecule has 1 aliphatic carbocycles. The molecule has 1 aliphatic rings. The minimum Gasteiger partial charge on any atom is -0.497 e. The number of carbonyl (C=O) groups is 1. The summed E-state index contributed by atoms with van der Waals surface area (Å²) < 4.78 is 7.35. The van der Waals surface area contributed by atoms with E-state index in [1.54, 1.807) is 13.3 Å². The molecule has 0 bridgehead atoms. The maximum absolute atomic E-state index is 13.4. The molecule has 1 amide bonds. The summed E-state index contributed by atoms with van der Waals surface area (Å²) in [7, 11) is 3.62. The second-order valence-corrected chi connectivity index (χ2v) is 7.42. The molecule has 2 aromatic carbocycles. The van der Waals surface area contributed by atoms with Crippen molar-refractivity contribution in [2.45, 2.75) is 31.1 Å². The van der Waals surface area contributed by atoms with Gasteiger partial charge in [0, 0.05) is 30.7 Å². The summed E-state index contributed by atoms with van der Waals surface area (Å²) in [6.45, 7) is 0. The highest BCUT2D eigenvalue weighted by Crippen LogP contribution is 2.43. The van der Waals surface area contributed by atoms with Crippen molar-refractivity contribution in [3.8, 4) is 17.1 Å². The Bertz CT molecular complexity index is 987. The van der Waals surface area contributed by atoms with Crippen molar-refractivity contribution in [3.05, 3.63) is 66.5 Å². The largest absolute Gasteiger partial charge is 0.497 e. The number of nitrogens with zero attached hydrogens (tertiary/aromatic N) is 2. The first-order valence-electron chi connectivity index (χ1n) is 9.66. The first kappa shape index (κ1) is 18.3. The maximum atomic E-state index is 13.4. The Morgan fingerprint density at radius 2 is 1.93 bits per heavy atom. The normalized spacial score (nSPS) is 15.4. The van der Waals surface area contributed by atoms with Crippen molar-refractivity contribution >= 4 is 11.6 Å². The molecule has 1 N–H and O–H groups in total. The molecule has 28 heavy (non-hydrogen) atoms. The van der Waals surface area contributed by atoms with Gasteiger partial charge in [0.15, 0.2) is 0 Å². The number of carbonyl (C=O) groups excluding carboxylic acids is 1. The number of benzene rings is 2. The highest BCUT2D eigenvalue weighted by Gasteiger charge is 2.42. The van der Waals surface area contributed by atoms with Gasteiger partial charge in [-0.15, -0.1) is 0 Å². The van der Waals surface area contributed by atoms with Gasteiger partial charge in [0.05, 0.1) is 12.5 Å². The van der Waals surface area contributed by atoms with Gasteiger partial charge in [0.2, 0.25) is 5.91 Å². The number of aromatic nitrogens is 2. The van der Waals surface area contributed by atoms with Gasteiger partial charge in [0.25, 0.3) is 0 Å². The van der Waals surface area contributed by atoms with Gasteiger partial charge < -0.3 is 14.6 Å². The van der Waals surface area contributed by atoms with Crippen molar-refractivity contribution in [2.24, 2.45) is 7.05 Å². The van der Waals surface area contributed by atoms with E-state index < -0.39 is 5.41 Å². The average molecular weight is 375 g/mol. The molecule has 1 saturated carbocycles.